The highest BCUT2D eigenvalue weighted by atomic mass is 35.5. The normalized spacial score (nSPS) is 11.6. The van der Waals surface area contributed by atoms with E-state index in [0.717, 1.165) is 6.07 Å². The summed E-state index contributed by atoms with van der Waals surface area (Å²) in [5, 5.41) is -0.0450. The van der Waals surface area contributed by atoms with Crippen LogP contribution in [-0.4, -0.2) is 13.0 Å². The summed E-state index contributed by atoms with van der Waals surface area (Å²) >= 11 is 5.93. The molecule has 0 spiro atoms. The van der Waals surface area contributed by atoms with Crippen LogP contribution in [0.2, 0.25) is 5.02 Å². The summed E-state index contributed by atoms with van der Waals surface area (Å²) in [5.41, 5.74) is -0.217. The van der Waals surface area contributed by atoms with Crippen molar-refractivity contribution in [3.8, 4) is 22.6 Å². The van der Waals surface area contributed by atoms with Crippen LogP contribution in [0.5, 0.6) is 11.5 Å². The first-order valence-corrected chi connectivity index (χ1v) is 6.24. The zero-order valence-electron chi connectivity index (χ0n) is 10.7. The molecule has 22 heavy (non-hydrogen) atoms. The Morgan fingerprint density at radius 2 is 1.55 bits per heavy atom. The number of rotatable bonds is 4. The molecule has 0 fully saturated rings. The van der Waals surface area contributed by atoms with Crippen LogP contribution in [0.4, 0.5) is 22.0 Å². The second-order valence-corrected chi connectivity index (χ2v) is 4.44. The SMILES string of the molecule is FC(F)Oc1cccc(Cl)c1-c1ccccc1OC(F)(F)F. The summed E-state index contributed by atoms with van der Waals surface area (Å²) in [7, 11) is 0. The van der Waals surface area contributed by atoms with E-state index in [0.29, 0.717) is 0 Å². The maximum absolute atomic E-state index is 12.4. The van der Waals surface area contributed by atoms with E-state index >= 15 is 0 Å². The van der Waals surface area contributed by atoms with E-state index in [1.54, 1.807) is 0 Å². The van der Waals surface area contributed by atoms with Crippen molar-refractivity contribution in [3.05, 3.63) is 47.5 Å². The zero-order chi connectivity index (χ0) is 16.3. The van der Waals surface area contributed by atoms with Gasteiger partial charge in [0.15, 0.2) is 0 Å². The highest BCUT2D eigenvalue weighted by molar-refractivity contribution is 6.33. The Kier molecular flexibility index (Phi) is 4.75. The Labute approximate surface area is 127 Å². The van der Waals surface area contributed by atoms with E-state index < -0.39 is 18.7 Å². The molecule has 2 nitrogen and oxygen atoms in total. The Morgan fingerprint density at radius 3 is 2.18 bits per heavy atom. The van der Waals surface area contributed by atoms with Gasteiger partial charge in [0.05, 0.1) is 5.02 Å². The third-order valence-electron chi connectivity index (χ3n) is 2.57. The number of hydrogen-bond donors (Lipinski definition) is 0. The molecule has 2 aromatic carbocycles. The number of alkyl halides is 5. The maximum atomic E-state index is 12.4. The molecule has 0 aliphatic heterocycles. The highest BCUT2D eigenvalue weighted by Crippen LogP contribution is 2.42. The second kappa shape index (κ2) is 6.39. The highest BCUT2D eigenvalue weighted by Gasteiger charge is 2.32. The first-order chi connectivity index (χ1) is 10.3. The van der Waals surface area contributed by atoms with Crippen molar-refractivity contribution >= 4 is 11.6 Å². The van der Waals surface area contributed by atoms with Crippen LogP contribution in [0.25, 0.3) is 11.1 Å². The fourth-order valence-corrected chi connectivity index (χ4v) is 2.11. The van der Waals surface area contributed by atoms with Gasteiger partial charge in [0, 0.05) is 11.1 Å². The van der Waals surface area contributed by atoms with Crippen LogP contribution < -0.4 is 9.47 Å². The molecular weight excluding hydrogens is 331 g/mol. The molecule has 2 aromatic rings. The maximum Gasteiger partial charge on any atom is 0.573 e. The summed E-state index contributed by atoms with van der Waals surface area (Å²) in [6.45, 7) is -3.15. The van der Waals surface area contributed by atoms with Crippen molar-refractivity contribution in [2.24, 2.45) is 0 Å². The first kappa shape index (κ1) is 16.4. The van der Waals surface area contributed by atoms with Crippen molar-refractivity contribution in [1.82, 2.24) is 0 Å². The molecular formula is C14H8ClF5O2. The second-order valence-electron chi connectivity index (χ2n) is 4.04. The number of halogens is 6. The van der Waals surface area contributed by atoms with Crippen molar-refractivity contribution in [1.29, 1.82) is 0 Å². The molecule has 0 atom stereocenters. The molecule has 118 valence electrons. The van der Waals surface area contributed by atoms with Gasteiger partial charge in [-0.25, -0.2) is 0 Å². The van der Waals surface area contributed by atoms with Gasteiger partial charge in [-0.2, -0.15) is 8.78 Å². The van der Waals surface area contributed by atoms with E-state index in [4.69, 9.17) is 11.6 Å². The summed E-state index contributed by atoms with van der Waals surface area (Å²) in [6.07, 6.45) is -4.93. The molecule has 0 amide bonds. The van der Waals surface area contributed by atoms with E-state index in [-0.39, 0.29) is 21.9 Å². The van der Waals surface area contributed by atoms with Crippen molar-refractivity contribution in [3.63, 3.8) is 0 Å². The topological polar surface area (TPSA) is 18.5 Å². The summed E-state index contributed by atoms with van der Waals surface area (Å²) in [6, 6.07) is 8.93. The van der Waals surface area contributed by atoms with Gasteiger partial charge in [0.1, 0.15) is 11.5 Å². The number of para-hydroxylation sites is 1. The predicted molar refractivity (Wildman–Crippen MR) is 70.2 cm³/mol. The van der Waals surface area contributed by atoms with Crippen LogP contribution in [0, 0.1) is 0 Å². The van der Waals surface area contributed by atoms with Crippen LogP contribution in [-0.2, 0) is 0 Å². The lowest BCUT2D eigenvalue weighted by molar-refractivity contribution is -0.274. The van der Waals surface area contributed by atoms with Gasteiger partial charge in [-0.1, -0.05) is 35.9 Å². The number of ether oxygens (including phenoxy) is 2. The standard InChI is InChI=1S/C14H8ClF5O2/c15-9-5-3-7-11(21-13(16)17)12(9)8-4-1-2-6-10(8)22-14(18,19)20/h1-7,13H. The predicted octanol–water partition coefficient (Wildman–Crippen LogP) is 5.51. The first-order valence-electron chi connectivity index (χ1n) is 5.86. The Balaban J connectivity index is 2.57. The Bertz CT molecular complexity index is 658. The Morgan fingerprint density at radius 1 is 0.909 bits per heavy atom. The minimum Gasteiger partial charge on any atom is -0.434 e. The quantitative estimate of drug-likeness (QED) is 0.685. The van der Waals surface area contributed by atoms with Crippen molar-refractivity contribution in [2.45, 2.75) is 13.0 Å². The fraction of sp³-hybridized carbons (Fsp3) is 0.143. The van der Waals surface area contributed by atoms with Gasteiger partial charge in [-0.3, -0.25) is 0 Å². The third-order valence-corrected chi connectivity index (χ3v) is 2.89. The van der Waals surface area contributed by atoms with Crippen molar-refractivity contribution in [2.75, 3.05) is 0 Å². The smallest absolute Gasteiger partial charge is 0.434 e. The van der Waals surface area contributed by atoms with Gasteiger partial charge in [-0.15, -0.1) is 13.2 Å². The van der Waals surface area contributed by atoms with Gasteiger partial charge in [0.2, 0.25) is 0 Å². The molecule has 8 heteroatoms. The Hall–Kier alpha value is -2.02. The minimum atomic E-state index is -4.93. The van der Waals surface area contributed by atoms with E-state index in [1.807, 2.05) is 0 Å². The molecule has 0 heterocycles. The van der Waals surface area contributed by atoms with Crippen LogP contribution in [0.1, 0.15) is 0 Å². The molecule has 0 aromatic heterocycles. The fourth-order valence-electron chi connectivity index (χ4n) is 1.85. The van der Waals surface area contributed by atoms with E-state index in [1.165, 1.54) is 36.4 Å². The monoisotopic (exact) mass is 338 g/mol. The largest absolute Gasteiger partial charge is 0.573 e. The molecule has 0 unspecified atom stereocenters. The average molecular weight is 339 g/mol. The average Bonchev–Trinajstić information content (AvgIpc) is 2.38. The molecule has 0 N–H and O–H groups in total. The van der Waals surface area contributed by atoms with Crippen molar-refractivity contribution < 1.29 is 31.4 Å². The lowest BCUT2D eigenvalue weighted by Gasteiger charge is -2.17. The molecule has 2 rings (SSSR count). The van der Waals surface area contributed by atoms with Gasteiger partial charge in [0.25, 0.3) is 0 Å². The van der Waals surface area contributed by atoms with E-state index in [2.05, 4.69) is 9.47 Å². The van der Waals surface area contributed by atoms with E-state index in [9.17, 15) is 22.0 Å². The minimum absolute atomic E-state index is 0.0450. The van der Waals surface area contributed by atoms with Crippen LogP contribution in [0.15, 0.2) is 42.5 Å². The lowest BCUT2D eigenvalue weighted by atomic mass is 10.0. The molecule has 0 bridgehead atoms. The number of benzene rings is 2. The van der Waals surface area contributed by atoms with Crippen LogP contribution in [0.3, 0.4) is 0 Å². The van der Waals surface area contributed by atoms with Gasteiger partial charge < -0.3 is 9.47 Å². The lowest BCUT2D eigenvalue weighted by Crippen LogP contribution is -2.17. The molecule has 0 saturated heterocycles. The van der Waals surface area contributed by atoms with Gasteiger partial charge in [-0.05, 0) is 18.2 Å². The van der Waals surface area contributed by atoms with Gasteiger partial charge >= 0.3 is 13.0 Å². The third kappa shape index (κ3) is 4.00. The zero-order valence-corrected chi connectivity index (χ0v) is 11.5. The molecule has 0 radical (unpaired) electrons. The summed E-state index contributed by atoms with van der Waals surface area (Å²) in [4.78, 5) is 0. The van der Waals surface area contributed by atoms with Crippen LogP contribution >= 0.6 is 11.6 Å². The summed E-state index contributed by atoms with van der Waals surface area (Å²) in [5.74, 6) is -0.914. The summed E-state index contributed by atoms with van der Waals surface area (Å²) < 4.78 is 70.4. The molecule has 0 aliphatic rings. The number of hydrogen-bond acceptors (Lipinski definition) is 2. The molecule has 0 saturated carbocycles. The molecule has 0 aliphatic carbocycles.